The molecular formula is C18H17F3NO8PS. The smallest absolute Gasteiger partial charge is 0.381 e. The van der Waals surface area contributed by atoms with E-state index in [2.05, 4.69) is 0 Å². The van der Waals surface area contributed by atoms with Crippen LogP contribution in [0.25, 0.3) is 0 Å². The van der Waals surface area contributed by atoms with Crippen LogP contribution in [0, 0.1) is 0 Å². The van der Waals surface area contributed by atoms with Crippen molar-refractivity contribution in [1.29, 1.82) is 0 Å². The van der Waals surface area contributed by atoms with E-state index < -0.39 is 67.7 Å². The van der Waals surface area contributed by atoms with Gasteiger partial charge >= 0.3 is 6.72 Å². The molecule has 1 amide bonds. The minimum atomic E-state index is -3.58. The lowest BCUT2D eigenvalue weighted by Gasteiger charge is -2.35. The molecule has 1 fully saturated rings. The van der Waals surface area contributed by atoms with E-state index in [0.717, 1.165) is 0 Å². The maximum absolute atomic E-state index is 14.1. The van der Waals surface area contributed by atoms with Crippen molar-refractivity contribution in [1.82, 2.24) is 4.90 Å². The predicted octanol–water partition coefficient (Wildman–Crippen LogP) is 1.53. The molecule has 0 aliphatic carbocycles. The van der Waals surface area contributed by atoms with E-state index >= 15 is 0 Å². The molecule has 1 aromatic rings. The summed E-state index contributed by atoms with van der Waals surface area (Å²) in [6.07, 6.45) is -10.1. The number of fused-ring (bicyclic) bond motifs is 1. The van der Waals surface area contributed by atoms with Crippen molar-refractivity contribution in [3.63, 3.8) is 0 Å². The van der Waals surface area contributed by atoms with Crippen molar-refractivity contribution in [2.45, 2.75) is 43.5 Å². The van der Waals surface area contributed by atoms with Crippen LogP contribution in [0.1, 0.15) is 12.0 Å². The van der Waals surface area contributed by atoms with Gasteiger partial charge in [0.2, 0.25) is 11.7 Å². The summed E-state index contributed by atoms with van der Waals surface area (Å²) in [5, 5.41) is 20.7. The molecule has 5 atom stereocenters. The first kappa shape index (κ1) is 23.3. The number of hydrogen-bond acceptors (Lipinski definition) is 9. The number of benzene rings is 1. The lowest BCUT2D eigenvalue weighted by atomic mass is 9.96. The zero-order chi connectivity index (χ0) is 23.3. The van der Waals surface area contributed by atoms with Crippen molar-refractivity contribution < 1.29 is 51.3 Å². The topological polar surface area (TPSA) is 115 Å². The van der Waals surface area contributed by atoms with Gasteiger partial charge in [-0.3, -0.25) is 23.5 Å². The fourth-order valence-electron chi connectivity index (χ4n) is 3.44. The van der Waals surface area contributed by atoms with Gasteiger partial charge in [-0.1, -0.05) is 18.2 Å². The number of aliphatic hydroxyl groups is 2. The number of carbonyl (C=O) groups is 2. The molecule has 3 heterocycles. The fraction of sp³-hybridized carbons (Fsp3) is 0.444. The first-order chi connectivity index (χ1) is 15.1. The molecule has 0 saturated carbocycles. The van der Waals surface area contributed by atoms with Gasteiger partial charge in [-0.15, -0.1) is 0 Å². The van der Waals surface area contributed by atoms with Gasteiger partial charge < -0.3 is 19.5 Å². The predicted molar refractivity (Wildman–Crippen MR) is 103 cm³/mol. The number of ketones is 1. The van der Waals surface area contributed by atoms with E-state index in [1.165, 1.54) is 0 Å². The van der Waals surface area contributed by atoms with E-state index in [1.54, 1.807) is 24.3 Å². The summed E-state index contributed by atoms with van der Waals surface area (Å²) in [4.78, 5) is 23.9. The Balaban J connectivity index is 1.55. The Morgan fingerprint density at radius 2 is 2.03 bits per heavy atom. The molecule has 1 aromatic carbocycles. The average molecular weight is 495 g/mol. The van der Waals surface area contributed by atoms with Gasteiger partial charge in [0.1, 0.15) is 18.0 Å². The van der Waals surface area contributed by atoms with Crippen molar-refractivity contribution >= 4 is 30.2 Å². The molecule has 0 bridgehead atoms. The number of halogens is 3. The third-order valence-corrected chi connectivity index (χ3v) is 7.39. The molecule has 0 spiro atoms. The van der Waals surface area contributed by atoms with E-state index in [4.69, 9.17) is 30.1 Å². The highest BCUT2D eigenvalue weighted by Crippen LogP contribution is 2.56. The number of rotatable bonds is 5. The van der Waals surface area contributed by atoms with Crippen LogP contribution in [-0.4, -0.2) is 63.9 Å². The van der Waals surface area contributed by atoms with Gasteiger partial charge in [0, 0.05) is 23.6 Å². The van der Waals surface area contributed by atoms with Crippen LogP contribution in [0.4, 0.5) is 13.2 Å². The molecule has 2 N–H and O–H groups in total. The zero-order valence-electron chi connectivity index (χ0n) is 16.1. The van der Waals surface area contributed by atoms with Crippen molar-refractivity contribution in [2.75, 3.05) is 6.61 Å². The molecule has 9 nitrogen and oxygen atoms in total. The summed E-state index contributed by atoms with van der Waals surface area (Å²) in [7, 11) is 0. The van der Waals surface area contributed by atoms with Crippen LogP contribution in [0.5, 0.6) is 5.75 Å². The number of hydrogen-bond donors (Lipinski definition) is 2. The molecule has 0 radical (unpaired) electrons. The number of alkyl halides is 2. The minimum Gasteiger partial charge on any atom is -0.424 e. The fourth-order valence-corrected chi connectivity index (χ4v) is 5.25. The standard InChI is InChI=1S/C18H17F3NO8PS/c19-10-6-22(13(24)5-11(10)23)16-14(25)15(26)18(29-16,17(20)21)8-28-31(32)27-7-9-3-1-2-4-12(9)30-31/h1-4,6,14-17,25-26H,5,7-8H2/t14-,15-,16+,18+,31?/m0/s1. The summed E-state index contributed by atoms with van der Waals surface area (Å²) in [6, 6.07) is 6.72. The Kier molecular flexibility index (Phi) is 6.18. The van der Waals surface area contributed by atoms with Crippen LogP contribution >= 0.6 is 6.72 Å². The maximum Gasteiger partial charge on any atom is 0.381 e. The maximum atomic E-state index is 14.1. The molecule has 1 unspecified atom stereocenters. The molecule has 1 saturated heterocycles. The lowest BCUT2D eigenvalue weighted by molar-refractivity contribution is -0.200. The SMILES string of the molecule is O=C1CC(=O)N([C@@H]2O[C@@](COP3(=S)OCc4ccccc4O3)(C(F)F)[C@@H](O)[C@@H]2O)C=C1F. The Hall–Kier alpha value is -1.86. The van der Waals surface area contributed by atoms with Crippen LogP contribution in [-0.2, 0) is 41.8 Å². The molecule has 0 aromatic heterocycles. The highest BCUT2D eigenvalue weighted by molar-refractivity contribution is 8.07. The zero-order valence-corrected chi connectivity index (χ0v) is 17.8. The van der Waals surface area contributed by atoms with Crippen LogP contribution in [0.3, 0.4) is 0 Å². The summed E-state index contributed by atoms with van der Waals surface area (Å²) in [5.41, 5.74) is -2.18. The van der Waals surface area contributed by atoms with E-state index in [-0.39, 0.29) is 6.61 Å². The van der Waals surface area contributed by atoms with Crippen molar-refractivity contribution in [2.24, 2.45) is 0 Å². The highest BCUT2D eigenvalue weighted by atomic mass is 32.5. The first-order valence-corrected chi connectivity index (χ1v) is 11.8. The number of carbonyl (C=O) groups excluding carboxylic acids is 2. The monoisotopic (exact) mass is 495 g/mol. The second-order valence-corrected chi connectivity index (χ2v) is 10.2. The number of nitrogens with zero attached hydrogens (tertiary/aromatic N) is 1. The van der Waals surface area contributed by atoms with Gasteiger partial charge in [-0.05, 0) is 6.07 Å². The summed E-state index contributed by atoms with van der Waals surface area (Å²) < 4.78 is 63.4. The average Bonchev–Trinajstić information content (AvgIpc) is 3.01. The normalized spacial score (nSPS) is 35.0. The number of amides is 1. The number of allylic oxidation sites excluding steroid dienone is 1. The van der Waals surface area contributed by atoms with Gasteiger partial charge in [-0.25, -0.2) is 13.2 Å². The number of para-hydroxylation sites is 1. The largest absolute Gasteiger partial charge is 0.424 e. The Labute approximate surface area is 184 Å². The van der Waals surface area contributed by atoms with Gasteiger partial charge in [0.05, 0.1) is 19.6 Å². The van der Waals surface area contributed by atoms with Gasteiger partial charge in [0.15, 0.2) is 17.7 Å². The van der Waals surface area contributed by atoms with E-state index in [9.17, 15) is 33.0 Å². The third kappa shape index (κ3) is 3.98. The van der Waals surface area contributed by atoms with Crippen LogP contribution in [0.2, 0.25) is 0 Å². The van der Waals surface area contributed by atoms with Crippen molar-refractivity contribution in [3.05, 3.63) is 41.9 Å². The van der Waals surface area contributed by atoms with Gasteiger partial charge in [-0.2, -0.15) is 0 Å². The quantitative estimate of drug-likeness (QED) is 0.464. The van der Waals surface area contributed by atoms with Crippen molar-refractivity contribution in [3.8, 4) is 5.75 Å². The summed E-state index contributed by atoms with van der Waals surface area (Å²) >= 11 is 5.21. The Bertz CT molecular complexity index is 1030. The molecule has 3 aliphatic rings. The second-order valence-electron chi connectivity index (χ2n) is 7.27. The molecule has 4 rings (SSSR count). The Morgan fingerprint density at radius 3 is 2.75 bits per heavy atom. The molecule has 14 heteroatoms. The number of aliphatic hydroxyl groups excluding tert-OH is 2. The molecule has 3 aliphatic heterocycles. The Morgan fingerprint density at radius 1 is 1.31 bits per heavy atom. The van der Waals surface area contributed by atoms with E-state index in [1.807, 2.05) is 0 Å². The minimum absolute atomic E-state index is 0.00414. The van der Waals surface area contributed by atoms with Gasteiger partial charge in [0.25, 0.3) is 6.43 Å². The van der Waals surface area contributed by atoms with Crippen LogP contribution < -0.4 is 4.52 Å². The second kappa shape index (κ2) is 8.49. The molecular weight excluding hydrogens is 478 g/mol. The van der Waals surface area contributed by atoms with E-state index in [0.29, 0.717) is 22.4 Å². The first-order valence-electron chi connectivity index (χ1n) is 9.27. The highest BCUT2D eigenvalue weighted by Gasteiger charge is 2.62. The molecule has 32 heavy (non-hydrogen) atoms. The number of Topliss-reactive ketones (excluding diaryl/α,β-unsaturated/α-hetero) is 1. The van der Waals surface area contributed by atoms with Crippen LogP contribution in [0.15, 0.2) is 36.3 Å². The number of ether oxygens (including phenoxy) is 1. The summed E-state index contributed by atoms with van der Waals surface area (Å²) in [6.45, 7) is -4.64. The summed E-state index contributed by atoms with van der Waals surface area (Å²) in [5.74, 6) is -3.07. The third-order valence-electron chi connectivity index (χ3n) is 5.23. The lowest BCUT2D eigenvalue weighted by Crippen LogP contribution is -2.52. The molecule has 174 valence electrons.